The molecule has 0 aliphatic carbocycles. The van der Waals surface area contributed by atoms with Crippen molar-refractivity contribution in [3.63, 3.8) is 0 Å². The zero-order valence-electron chi connectivity index (χ0n) is 19.7. The Morgan fingerprint density at radius 3 is 2.63 bits per heavy atom. The number of hydrogen-bond acceptors (Lipinski definition) is 6. The van der Waals surface area contributed by atoms with Gasteiger partial charge in [0.05, 0.1) is 5.41 Å². The average molecular weight is 599 g/mol. The molecule has 0 fully saturated rings. The van der Waals surface area contributed by atoms with Crippen LogP contribution >= 0.6 is 46.2 Å². The van der Waals surface area contributed by atoms with Crippen molar-refractivity contribution in [1.82, 2.24) is 5.32 Å². The van der Waals surface area contributed by atoms with Gasteiger partial charge in [-0.05, 0) is 73.0 Å². The lowest BCUT2D eigenvalue weighted by atomic mass is 9.98. The van der Waals surface area contributed by atoms with Crippen LogP contribution in [0.4, 0.5) is 0 Å². The summed E-state index contributed by atoms with van der Waals surface area (Å²) in [5, 5.41) is 5.72. The number of hydrogen-bond donors (Lipinski definition) is 1. The number of halogens is 2. The number of esters is 1. The first-order chi connectivity index (χ1) is 16.4. The summed E-state index contributed by atoms with van der Waals surface area (Å²) in [4.78, 5) is 25.5. The molecule has 1 aromatic heterocycles. The number of carbonyl (C=O) groups is 2. The predicted octanol–water partition coefficient (Wildman–Crippen LogP) is 7.62. The third kappa shape index (κ3) is 7.05. The highest BCUT2D eigenvalue weighted by Crippen LogP contribution is 2.59. The van der Waals surface area contributed by atoms with Crippen LogP contribution in [-0.2, 0) is 23.4 Å². The van der Waals surface area contributed by atoms with Crippen molar-refractivity contribution in [3.8, 4) is 0 Å². The summed E-state index contributed by atoms with van der Waals surface area (Å²) in [7, 11) is -3.67. The molecule has 2 aromatic carbocycles. The summed E-state index contributed by atoms with van der Waals surface area (Å²) >= 11 is 11.1. The topological polar surface area (TPSA) is 81.7 Å². The lowest BCUT2D eigenvalue weighted by Gasteiger charge is -2.24. The Kier molecular flexibility index (Phi) is 9.00. The van der Waals surface area contributed by atoms with Gasteiger partial charge in [0.2, 0.25) is 13.3 Å². The second-order valence-electron chi connectivity index (χ2n) is 8.93. The van der Waals surface area contributed by atoms with Crippen LogP contribution < -0.4 is 5.32 Å². The first-order valence-corrected chi connectivity index (χ1v) is 14.9. The van der Waals surface area contributed by atoms with E-state index in [-0.39, 0.29) is 0 Å². The van der Waals surface area contributed by atoms with Crippen LogP contribution in [0.15, 0.2) is 58.5 Å². The highest BCUT2D eigenvalue weighted by atomic mass is 79.9. The van der Waals surface area contributed by atoms with E-state index in [9.17, 15) is 14.2 Å². The van der Waals surface area contributed by atoms with Gasteiger partial charge in [0.25, 0.3) is 0 Å². The third-order valence-corrected chi connectivity index (χ3v) is 9.09. The van der Waals surface area contributed by atoms with Gasteiger partial charge in [-0.15, -0.1) is 11.3 Å². The number of amides is 1. The number of nitrogens with one attached hydrogen (secondary N) is 1. The summed E-state index contributed by atoms with van der Waals surface area (Å²) in [6, 6.07) is 12.9. The molecule has 6 nitrogen and oxygen atoms in total. The van der Waals surface area contributed by atoms with E-state index in [1.54, 1.807) is 44.4 Å². The average Bonchev–Trinajstić information content (AvgIpc) is 3.16. The molecule has 0 aliphatic rings. The zero-order valence-corrected chi connectivity index (χ0v) is 23.8. The van der Waals surface area contributed by atoms with Crippen LogP contribution in [0, 0.1) is 5.41 Å². The van der Waals surface area contributed by atoms with Gasteiger partial charge in [-0.3, -0.25) is 18.7 Å². The zero-order chi connectivity index (χ0) is 25.8. The summed E-state index contributed by atoms with van der Waals surface area (Å²) < 4.78 is 26.2. The van der Waals surface area contributed by atoms with Gasteiger partial charge < -0.3 is 10.1 Å². The largest absolute Gasteiger partial charge is 0.438 e. The summed E-state index contributed by atoms with van der Waals surface area (Å²) in [5.74, 6) is -1.01. The number of fused-ring (bicyclic) bond motifs is 1. The second-order valence-corrected chi connectivity index (χ2v) is 13.7. The minimum Gasteiger partial charge on any atom is -0.438 e. The molecule has 0 bridgehead atoms. The normalized spacial score (nSPS) is 14.6. The monoisotopic (exact) mass is 597 g/mol. The van der Waals surface area contributed by atoms with E-state index in [1.807, 2.05) is 30.3 Å². The van der Waals surface area contributed by atoms with Gasteiger partial charge in [0.1, 0.15) is 5.66 Å². The molecule has 0 aliphatic heterocycles. The SMILES string of the molecule is CC(C)(C)C(=O)OCOP(C)(=O)C(C(=O)N/C=C/c1ccccc1Br)c1csc2ccc(Cl)cc12. The summed E-state index contributed by atoms with van der Waals surface area (Å²) in [6.45, 7) is 5.96. The van der Waals surface area contributed by atoms with Crippen molar-refractivity contribution in [2.75, 3.05) is 13.5 Å². The first kappa shape index (κ1) is 27.6. The van der Waals surface area contributed by atoms with Crippen molar-refractivity contribution < 1.29 is 23.4 Å². The molecular formula is C25H26BrClNO5PS. The Labute approximate surface area is 222 Å². The number of benzene rings is 2. The van der Waals surface area contributed by atoms with Crippen molar-refractivity contribution >= 4 is 74.3 Å². The second kappa shape index (κ2) is 11.4. The van der Waals surface area contributed by atoms with E-state index in [0.29, 0.717) is 10.6 Å². The maximum absolute atomic E-state index is 13.8. The molecule has 0 radical (unpaired) electrons. The van der Waals surface area contributed by atoms with Crippen LogP contribution in [0.5, 0.6) is 0 Å². The number of ether oxygens (including phenoxy) is 1. The molecule has 35 heavy (non-hydrogen) atoms. The molecule has 186 valence electrons. The van der Waals surface area contributed by atoms with Crippen LogP contribution in [0.2, 0.25) is 5.02 Å². The van der Waals surface area contributed by atoms with Crippen molar-refractivity contribution in [1.29, 1.82) is 0 Å². The Balaban J connectivity index is 1.90. The molecule has 1 amide bonds. The van der Waals surface area contributed by atoms with Crippen LogP contribution in [0.25, 0.3) is 16.2 Å². The van der Waals surface area contributed by atoms with Gasteiger partial charge in [-0.25, -0.2) is 0 Å². The molecule has 10 heteroatoms. The van der Waals surface area contributed by atoms with Crippen LogP contribution in [-0.4, -0.2) is 25.3 Å². The Morgan fingerprint density at radius 1 is 1.23 bits per heavy atom. The highest BCUT2D eigenvalue weighted by Gasteiger charge is 2.39. The molecule has 0 saturated carbocycles. The highest BCUT2D eigenvalue weighted by molar-refractivity contribution is 9.10. The van der Waals surface area contributed by atoms with E-state index < -0.39 is 37.1 Å². The number of carbonyl (C=O) groups excluding carboxylic acids is 2. The van der Waals surface area contributed by atoms with E-state index in [2.05, 4.69) is 21.2 Å². The molecule has 2 atom stereocenters. The molecule has 3 aromatic rings. The fourth-order valence-electron chi connectivity index (χ4n) is 3.22. The number of thiophene rings is 1. The Hall–Kier alpha value is -1.96. The molecule has 2 unspecified atom stereocenters. The van der Waals surface area contributed by atoms with Crippen LogP contribution in [0.1, 0.15) is 37.6 Å². The van der Waals surface area contributed by atoms with Gasteiger partial charge in [-0.2, -0.15) is 0 Å². The number of rotatable bonds is 8. The molecular weight excluding hydrogens is 573 g/mol. The van der Waals surface area contributed by atoms with Gasteiger partial charge in [0.15, 0.2) is 6.79 Å². The standard InChI is InChI=1S/C25H26BrClNO5PS/c1-25(2,3)24(30)32-15-33-34(4,31)22(19-14-35-21-10-9-17(27)13-18(19)21)23(29)28-12-11-16-7-5-6-8-20(16)26/h5-14,22H,15H2,1-4H3,(H,28,29)/b12-11+. The molecule has 0 spiro atoms. The lowest BCUT2D eigenvalue weighted by Crippen LogP contribution is -2.27. The van der Waals surface area contributed by atoms with E-state index in [1.165, 1.54) is 24.2 Å². The predicted molar refractivity (Wildman–Crippen MR) is 146 cm³/mol. The van der Waals surface area contributed by atoms with E-state index in [0.717, 1.165) is 20.1 Å². The summed E-state index contributed by atoms with van der Waals surface area (Å²) in [5.41, 5.74) is -0.490. The lowest BCUT2D eigenvalue weighted by molar-refractivity contribution is -0.159. The maximum atomic E-state index is 13.8. The maximum Gasteiger partial charge on any atom is 0.313 e. The third-order valence-electron chi connectivity index (χ3n) is 5.08. The van der Waals surface area contributed by atoms with Gasteiger partial charge >= 0.3 is 5.97 Å². The minimum absolute atomic E-state index is 0.496. The fourth-order valence-corrected chi connectivity index (χ4v) is 6.51. The summed E-state index contributed by atoms with van der Waals surface area (Å²) in [6.07, 6.45) is 3.23. The van der Waals surface area contributed by atoms with Gasteiger partial charge in [-0.1, -0.05) is 45.7 Å². The van der Waals surface area contributed by atoms with E-state index in [4.69, 9.17) is 20.9 Å². The molecule has 0 saturated heterocycles. The van der Waals surface area contributed by atoms with Crippen molar-refractivity contribution in [2.24, 2.45) is 5.41 Å². The molecule has 1 N–H and O–H groups in total. The van der Waals surface area contributed by atoms with Crippen molar-refractivity contribution in [3.05, 3.63) is 74.7 Å². The molecule has 3 rings (SSSR count). The molecule has 1 heterocycles. The quantitative estimate of drug-likeness (QED) is 0.164. The van der Waals surface area contributed by atoms with Crippen molar-refractivity contribution in [2.45, 2.75) is 26.4 Å². The first-order valence-electron chi connectivity index (χ1n) is 10.7. The smallest absolute Gasteiger partial charge is 0.313 e. The van der Waals surface area contributed by atoms with E-state index >= 15 is 0 Å². The van der Waals surface area contributed by atoms with Crippen LogP contribution in [0.3, 0.4) is 0 Å². The van der Waals surface area contributed by atoms with Gasteiger partial charge in [0, 0.05) is 27.1 Å². The Morgan fingerprint density at radius 2 is 1.94 bits per heavy atom. The minimum atomic E-state index is -3.67. The Bertz CT molecular complexity index is 1320. The fraction of sp³-hybridized carbons (Fsp3) is 0.280.